The number of allylic oxidation sites excluding steroid dienone is 1. The molecule has 8 heteroatoms. The summed E-state index contributed by atoms with van der Waals surface area (Å²) in [5, 5.41) is 14.4. The van der Waals surface area contributed by atoms with E-state index in [4.69, 9.17) is 11.6 Å². The van der Waals surface area contributed by atoms with E-state index in [1.54, 1.807) is 6.21 Å². The van der Waals surface area contributed by atoms with Gasteiger partial charge in [-0.25, -0.2) is 5.43 Å². The third-order valence-corrected chi connectivity index (χ3v) is 6.89. The smallest absolute Gasteiger partial charge is 0.250 e. The zero-order valence-electron chi connectivity index (χ0n) is 19.2. The number of nitrogens with one attached hydrogen (secondary N) is 1. The number of thioether (sulfide) groups is 1. The standard InChI is InChI=1S/C26H28ClN5OS/c1-19(16-20-8-4-2-5-9-20)17-28-29-24(33)18-34-26-31-30-25(21-12-14-22(27)15-13-21)32(26)23-10-6-3-7-11-23/h2,4-5,8-9,12-17,23H,3,6-7,10-11,18H2,1H3,(H,29,33)/b19-16+,28-17-. The Morgan fingerprint density at radius 2 is 1.85 bits per heavy atom. The molecule has 6 nitrogen and oxygen atoms in total. The molecule has 0 radical (unpaired) electrons. The minimum Gasteiger partial charge on any atom is -0.299 e. The highest BCUT2D eigenvalue weighted by Crippen LogP contribution is 2.35. The SMILES string of the molecule is CC(/C=N\NC(=O)CSc1nnc(-c2ccc(Cl)cc2)n1C1CCCCC1)=C\c1ccccc1. The molecule has 0 bridgehead atoms. The van der Waals surface area contributed by atoms with Crippen molar-refractivity contribution < 1.29 is 4.79 Å². The Kier molecular flexibility index (Phi) is 8.55. The number of benzene rings is 2. The van der Waals surface area contributed by atoms with Gasteiger partial charge in [0, 0.05) is 16.6 Å². The van der Waals surface area contributed by atoms with Crippen molar-refractivity contribution in [3.8, 4) is 11.4 Å². The number of halogens is 1. The number of hydrogen-bond donors (Lipinski definition) is 1. The Morgan fingerprint density at radius 1 is 1.12 bits per heavy atom. The first-order valence-electron chi connectivity index (χ1n) is 11.5. The quantitative estimate of drug-likeness (QED) is 0.224. The van der Waals surface area contributed by atoms with E-state index >= 15 is 0 Å². The van der Waals surface area contributed by atoms with Crippen LogP contribution in [0.5, 0.6) is 0 Å². The number of rotatable bonds is 8. The lowest BCUT2D eigenvalue weighted by atomic mass is 9.95. The zero-order valence-corrected chi connectivity index (χ0v) is 20.7. The molecule has 1 N–H and O–H groups in total. The van der Waals surface area contributed by atoms with Crippen molar-refractivity contribution in [1.29, 1.82) is 0 Å². The number of hydrogen-bond acceptors (Lipinski definition) is 5. The van der Waals surface area contributed by atoms with E-state index in [1.807, 2.05) is 67.6 Å². The fraction of sp³-hybridized carbons (Fsp3) is 0.308. The summed E-state index contributed by atoms with van der Waals surface area (Å²) < 4.78 is 2.20. The van der Waals surface area contributed by atoms with Gasteiger partial charge in [0.25, 0.3) is 5.91 Å². The van der Waals surface area contributed by atoms with Crippen LogP contribution in [0.25, 0.3) is 17.5 Å². The Bertz CT molecular complexity index is 1150. The van der Waals surface area contributed by atoms with Gasteiger partial charge >= 0.3 is 0 Å². The monoisotopic (exact) mass is 493 g/mol. The molecule has 0 spiro atoms. The molecule has 1 aliphatic carbocycles. The molecule has 1 amide bonds. The minimum absolute atomic E-state index is 0.181. The van der Waals surface area contributed by atoms with Crippen molar-refractivity contribution >= 4 is 41.6 Å². The van der Waals surface area contributed by atoms with Crippen molar-refractivity contribution in [3.05, 3.63) is 70.8 Å². The molecule has 0 atom stereocenters. The molecule has 176 valence electrons. The van der Waals surface area contributed by atoms with Crippen molar-refractivity contribution in [1.82, 2.24) is 20.2 Å². The van der Waals surface area contributed by atoms with Crippen LogP contribution in [0.15, 0.2) is 70.4 Å². The van der Waals surface area contributed by atoms with E-state index in [0.717, 1.165) is 40.5 Å². The number of aromatic nitrogens is 3. The molecule has 0 saturated heterocycles. The van der Waals surface area contributed by atoms with Crippen LogP contribution in [-0.2, 0) is 4.79 Å². The summed E-state index contributed by atoms with van der Waals surface area (Å²) in [6.07, 6.45) is 9.49. The van der Waals surface area contributed by atoms with Gasteiger partial charge in [0.05, 0.1) is 12.0 Å². The van der Waals surface area contributed by atoms with Crippen LogP contribution in [0.1, 0.15) is 50.6 Å². The van der Waals surface area contributed by atoms with Gasteiger partial charge in [0.1, 0.15) is 0 Å². The molecule has 4 rings (SSSR count). The molecule has 1 aromatic heterocycles. The van der Waals surface area contributed by atoms with Crippen LogP contribution in [-0.4, -0.2) is 32.6 Å². The third kappa shape index (κ3) is 6.58. The van der Waals surface area contributed by atoms with Gasteiger partial charge in [-0.1, -0.05) is 79.0 Å². The predicted octanol–water partition coefficient (Wildman–Crippen LogP) is 6.40. The van der Waals surface area contributed by atoms with Crippen molar-refractivity contribution in [2.24, 2.45) is 5.10 Å². The molecule has 34 heavy (non-hydrogen) atoms. The average Bonchev–Trinajstić information content (AvgIpc) is 3.28. The van der Waals surface area contributed by atoms with Gasteiger partial charge in [-0.05, 0) is 55.2 Å². The lowest BCUT2D eigenvalue weighted by Crippen LogP contribution is -2.20. The third-order valence-electron chi connectivity index (χ3n) is 5.69. The molecule has 1 heterocycles. The van der Waals surface area contributed by atoms with Crippen molar-refractivity contribution in [2.75, 3.05) is 5.75 Å². The van der Waals surface area contributed by atoms with Crippen LogP contribution < -0.4 is 5.43 Å². The minimum atomic E-state index is -0.181. The van der Waals surface area contributed by atoms with Gasteiger partial charge in [-0.3, -0.25) is 9.36 Å². The molecule has 1 fully saturated rings. The fourth-order valence-electron chi connectivity index (χ4n) is 4.06. The van der Waals surface area contributed by atoms with E-state index < -0.39 is 0 Å². The number of carbonyl (C=O) groups is 1. The zero-order chi connectivity index (χ0) is 23.8. The first-order valence-corrected chi connectivity index (χ1v) is 12.9. The molecule has 3 aromatic rings. The second-order valence-electron chi connectivity index (χ2n) is 8.36. The number of hydrazone groups is 1. The first kappa shape index (κ1) is 24.2. The summed E-state index contributed by atoms with van der Waals surface area (Å²) >= 11 is 7.46. The van der Waals surface area contributed by atoms with Gasteiger partial charge in [0.2, 0.25) is 0 Å². The van der Waals surface area contributed by atoms with Gasteiger partial charge in [0.15, 0.2) is 11.0 Å². The number of nitrogens with zero attached hydrogens (tertiary/aromatic N) is 4. The maximum atomic E-state index is 12.4. The van der Waals surface area contributed by atoms with Gasteiger partial charge in [-0.2, -0.15) is 5.10 Å². The Balaban J connectivity index is 1.41. The summed E-state index contributed by atoms with van der Waals surface area (Å²) in [5.41, 5.74) is 5.62. The maximum Gasteiger partial charge on any atom is 0.250 e. The Morgan fingerprint density at radius 3 is 2.59 bits per heavy atom. The predicted molar refractivity (Wildman–Crippen MR) is 140 cm³/mol. The van der Waals surface area contributed by atoms with Gasteiger partial charge < -0.3 is 0 Å². The normalized spacial score (nSPS) is 15.1. The van der Waals surface area contributed by atoms with Gasteiger partial charge in [-0.15, -0.1) is 10.2 Å². The van der Waals surface area contributed by atoms with Crippen LogP contribution in [0.3, 0.4) is 0 Å². The highest BCUT2D eigenvalue weighted by Gasteiger charge is 2.24. The summed E-state index contributed by atoms with van der Waals surface area (Å²) in [4.78, 5) is 12.4. The first-order chi connectivity index (χ1) is 16.6. The highest BCUT2D eigenvalue weighted by molar-refractivity contribution is 7.99. The molecule has 1 saturated carbocycles. The fourth-order valence-corrected chi connectivity index (χ4v) is 4.98. The van der Waals surface area contributed by atoms with E-state index in [0.29, 0.717) is 11.1 Å². The van der Waals surface area contributed by atoms with Crippen LogP contribution >= 0.6 is 23.4 Å². The summed E-state index contributed by atoms with van der Waals surface area (Å²) in [6.45, 7) is 1.95. The Labute approximate surface area is 209 Å². The summed E-state index contributed by atoms with van der Waals surface area (Å²) in [7, 11) is 0. The average molecular weight is 494 g/mol. The van der Waals surface area contributed by atoms with E-state index in [2.05, 4.69) is 25.3 Å². The second-order valence-corrected chi connectivity index (χ2v) is 9.73. The number of amides is 1. The highest BCUT2D eigenvalue weighted by atomic mass is 35.5. The molecule has 0 aliphatic heterocycles. The van der Waals surface area contributed by atoms with Crippen LogP contribution in [0.2, 0.25) is 5.02 Å². The van der Waals surface area contributed by atoms with E-state index in [9.17, 15) is 4.79 Å². The molecular weight excluding hydrogens is 466 g/mol. The van der Waals surface area contributed by atoms with Crippen LogP contribution in [0.4, 0.5) is 0 Å². The lowest BCUT2D eigenvalue weighted by molar-refractivity contribution is -0.118. The van der Waals surface area contributed by atoms with Crippen molar-refractivity contribution in [2.45, 2.75) is 50.2 Å². The summed E-state index contributed by atoms with van der Waals surface area (Å²) in [6, 6.07) is 18.0. The second kappa shape index (κ2) is 12.0. The Hall–Kier alpha value is -2.90. The summed E-state index contributed by atoms with van der Waals surface area (Å²) in [5.74, 6) is 0.857. The lowest BCUT2D eigenvalue weighted by Gasteiger charge is -2.25. The van der Waals surface area contributed by atoms with Crippen molar-refractivity contribution in [3.63, 3.8) is 0 Å². The van der Waals surface area contributed by atoms with Crippen LogP contribution in [0, 0.1) is 0 Å². The molecule has 1 aliphatic rings. The molecular formula is C26H28ClN5OS. The largest absolute Gasteiger partial charge is 0.299 e. The molecule has 0 unspecified atom stereocenters. The van der Waals surface area contributed by atoms with E-state index in [1.165, 1.54) is 31.0 Å². The van der Waals surface area contributed by atoms with E-state index in [-0.39, 0.29) is 11.7 Å². The number of carbonyl (C=O) groups excluding carboxylic acids is 1. The molecule has 2 aromatic carbocycles. The topological polar surface area (TPSA) is 72.2 Å². The maximum absolute atomic E-state index is 12.4.